The second kappa shape index (κ2) is 29.4. The quantitative estimate of drug-likeness (QED) is 0.0589. The molecule has 41 heavy (non-hydrogen) atoms. The molecule has 0 aromatic rings. The predicted octanol–water partition coefficient (Wildman–Crippen LogP) is 9.64. The summed E-state index contributed by atoms with van der Waals surface area (Å²) in [6.45, 7) is 4.58. The van der Waals surface area contributed by atoms with Gasteiger partial charge in [-0.05, 0) is 12.8 Å². The monoisotopic (exact) mass is 603 g/mol. The van der Waals surface area contributed by atoms with Gasteiger partial charge in [-0.2, -0.15) is 8.42 Å². The lowest BCUT2D eigenvalue weighted by atomic mass is 10.0. The number of carbonyl (C=O) groups excluding carboxylic acids is 1. The first-order valence-electron chi connectivity index (χ1n) is 17.7. The van der Waals surface area contributed by atoms with Gasteiger partial charge in [0.1, 0.15) is 0 Å². The second-order valence-electron chi connectivity index (χ2n) is 12.5. The largest absolute Gasteiger partial charge is 0.391 e. The van der Waals surface area contributed by atoms with Crippen LogP contribution in [0.25, 0.3) is 0 Å². The number of unbranched alkanes of at least 4 members (excludes halogenated alkanes) is 23. The van der Waals surface area contributed by atoms with Gasteiger partial charge >= 0.3 is 0 Å². The van der Waals surface area contributed by atoms with Crippen molar-refractivity contribution < 1.29 is 22.9 Å². The molecule has 2 N–H and O–H groups in total. The van der Waals surface area contributed by atoms with Crippen LogP contribution in [0.4, 0.5) is 0 Å². The molecule has 0 aromatic heterocycles. The number of hydrogen-bond acceptors (Lipinski definition) is 4. The van der Waals surface area contributed by atoms with E-state index in [1.165, 1.54) is 133 Å². The molecule has 0 aliphatic carbocycles. The zero-order chi connectivity index (χ0) is 30.4. The Balaban J connectivity index is 4.01. The Labute approximate surface area is 255 Å². The molecule has 0 radical (unpaired) electrons. The van der Waals surface area contributed by atoms with E-state index < -0.39 is 22.0 Å². The third kappa shape index (κ3) is 30.6. The van der Waals surface area contributed by atoms with Gasteiger partial charge in [-0.25, -0.2) is 0 Å². The van der Waals surface area contributed by atoms with Crippen molar-refractivity contribution in [1.82, 2.24) is 4.90 Å². The van der Waals surface area contributed by atoms with Crippen LogP contribution in [0.2, 0.25) is 0 Å². The molecule has 0 saturated carbocycles. The van der Waals surface area contributed by atoms with Crippen molar-refractivity contribution >= 4 is 16.0 Å². The van der Waals surface area contributed by atoms with Crippen LogP contribution in [0.15, 0.2) is 0 Å². The summed E-state index contributed by atoms with van der Waals surface area (Å²) in [5.74, 6) is -0.603. The van der Waals surface area contributed by atoms with Crippen LogP contribution in [-0.2, 0) is 14.9 Å². The molecule has 1 atom stereocenters. The van der Waals surface area contributed by atoms with Crippen molar-refractivity contribution in [2.45, 2.75) is 193 Å². The molecule has 0 aliphatic rings. The maximum absolute atomic E-state index is 12.8. The highest BCUT2D eigenvalue weighted by molar-refractivity contribution is 7.85. The predicted molar refractivity (Wildman–Crippen MR) is 175 cm³/mol. The van der Waals surface area contributed by atoms with E-state index in [4.69, 9.17) is 0 Å². The minimum atomic E-state index is -4.15. The normalized spacial score (nSPS) is 12.6. The highest BCUT2D eigenvalue weighted by atomic mass is 32.2. The standard InChI is InChI=1S/C34H69NO5S/c1-3-5-7-9-11-13-15-17-19-21-23-25-27-29-34(37)35(30-31-41(38,39)40)32-33(36)28-26-24-22-20-18-16-14-12-10-8-6-4-2/h33,36H,3-32H2,1-2H3,(H,38,39,40). The summed E-state index contributed by atoms with van der Waals surface area (Å²) in [5.41, 5.74) is 0. The van der Waals surface area contributed by atoms with Gasteiger partial charge in [0, 0.05) is 19.5 Å². The Hall–Kier alpha value is -0.660. The van der Waals surface area contributed by atoms with Crippen LogP contribution in [-0.4, -0.2) is 53.8 Å². The maximum Gasteiger partial charge on any atom is 0.266 e. The molecule has 0 bridgehead atoms. The Morgan fingerprint density at radius 1 is 0.585 bits per heavy atom. The Kier molecular flexibility index (Phi) is 28.9. The first-order chi connectivity index (χ1) is 19.8. The minimum Gasteiger partial charge on any atom is -0.391 e. The van der Waals surface area contributed by atoms with Crippen molar-refractivity contribution in [3.8, 4) is 0 Å². The van der Waals surface area contributed by atoms with Crippen LogP contribution in [0.1, 0.15) is 187 Å². The first-order valence-corrected chi connectivity index (χ1v) is 19.3. The van der Waals surface area contributed by atoms with Gasteiger partial charge in [-0.1, -0.05) is 168 Å². The fourth-order valence-corrected chi connectivity index (χ4v) is 6.01. The molecule has 7 heteroatoms. The summed E-state index contributed by atoms with van der Waals surface area (Å²) in [6, 6.07) is 0. The van der Waals surface area contributed by atoms with Gasteiger partial charge in [-0.15, -0.1) is 0 Å². The number of carbonyl (C=O) groups is 1. The van der Waals surface area contributed by atoms with E-state index >= 15 is 0 Å². The molecule has 1 unspecified atom stereocenters. The molecule has 246 valence electrons. The zero-order valence-corrected chi connectivity index (χ0v) is 28.1. The summed E-state index contributed by atoms with van der Waals surface area (Å²) in [6.07, 6.45) is 31.6. The number of hydrogen-bond donors (Lipinski definition) is 2. The fraction of sp³-hybridized carbons (Fsp3) is 0.971. The van der Waals surface area contributed by atoms with Gasteiger partial charge in [0.15, 0.2) is 0 Å². The molecule has 0 spiro atoms. The third-order valence-electron chi connectivity index (χ3n) is 8.29. The molecule has 0 rings (SSSR count). The number of nitrogens with zero attached hydrogens (tertiary/aromatic N) is 1. The second-order valence-corrected chi connectivity index (χ2v) is 14.0. The third-order valence-corrected chi connectivity index (χ3v) is 8.99. The number of rotatable bonds is 32. The van der Waals surface area contributed by atoms with Crippen molar-refractivity contribution in [2.24, 2.45) is 0 Å². The van der Waals surface area contributed by atoms with Gasteiger partial charge in [0.05, 0.1) is 11.9 Å². The lowest BCUT2D eigenvalue weighted by molar-refractivity contribution is -0.132. The smallest absolute Gasteiger partial charge is 0.266 e. The van der Waals surface area contributed by atoms with Crippen LogP contribution < -0.4 is 0 Å². The molecule has 0 saturated heterocycles. The SMILES string of the molecule is CCCCCCCCCCCCCCCC(=O)N(CCS(=O)(=O)O)CC(O)CCCCCCCCCCCCCC. The maximum atomic E-state index is 12.8. The van der Waals surface area contributed by atoms with Gasteiger partial charge in [-0.3, -0.25) is 9.35 Å². The molecular weight excluding hydrogens is 534 g/mol. The first kappa shape index (κ1) is 40.3. The van der Waals surface area contributed by atoms with Crippen LogP contribution >= 0.6 is 0 Å². The molecule has 0 fully saturated rings. The van der Waals surface area contributed by atoms with E-state index in [9.17, 15) is 22.9 Å². The molecular formula is C34H69NO5S. The van der Waals surface area contributed by atoms with Crippen LogP contribution in [0.5, 0.6) is 0 Å². The highest BCUT2D eigenvalue weighted by Crippen LogP contribution is 2.15. The fourth-order valence-electron chi connectivity index (χ4n) is 5.56. The van der Waals surface area contributed by atoms with Gasteiger partial charge < -0.3 is 10.0 Å². The zero-order valence-electron chi connectivity index (χ0n) is 27.3. The van der Waals surface area contributed by atoms with E-state index in [1.807, 2.05) is 0 Å². The van der Waals surface area contributed by atoms with Crippen molar-refractivity contribution in [3.05, 3.63) is 0 Å². The summed E-state index contributed by atoms with van der Waals surface area (Å²) < 4.78 is 31.7. The Morgan fingerprint density at radius 2 is 0.927 bits per heavy atom. The summed E-state index contributed by atoms with van der Waals surface area (Å²) in [5, 5.41) is 10.5. The van der Waals surface area contributed by atoms with E-state index in [-0.39, 0.29) is 19.0 Å². The van der Waals surface area contributed by atoms with Crippen LogP contribution in [0.3, 0.4) is 0 Å². The van der Waals surface area contributed by atoms with E-state index in [0.717, 1.165) is 32.1 Å². The summed E-state index contributed by atoms with van der Waals surface area (Å²) in [4.78, 5) is 14.3. The van der Waals surface area contributed by atoms with E-state index in [1.54, 1.807) is 0 Å². The van der Waals surface area contributed by atoms with Gasteiger partial charge in [0.25, 0.3) is 10.1 Å². The Morgan fingerprint density at radius 3 is 1.29 bits per heavy atom. The van der Waals surface area contributed by atoms with Crippen LogP contribution in [0, 0.1) is 0 Å². The number of amides is 1. The van der Waals surface area contributed by atoms with Crippen molar-refractivity contribution in [2.75, 3.05) is 18.8 Å². The molecule has 1 amide bonds. The highest BCUT2D eigenvalue weighted by Gasteiger charge is 2.19. The van der Waals surface area contributed by atoms with E-state index in [0.29, 0.717) is 12.8 Å². The molecule has 0 heterocycles. The average molecular weight is 604 g/mol. The van der Waals surface area contributed by atoms with E-state index in [2.05, 4.69) is 13.8 Å². The summed E-state index contributed by atoms with van der Waals surface area (Å²) >= 11 is 0. The summed E-state index contributed by atoms with van der Waals surface area (Å²) in [7, 11) is -4.15. The molecule has 0 aromatic carbocycles. The lowest BCUT2D eigenvalue weighted by Crippen LogP contribution is -2.40. The minimum absolute atomic E-state index is 0.0639. The van der Waals surface area contributed by atoms with Gasteiger partial charge in [0.2, 0.25) is 5.91 Å². The Bertz CT molecular complexity index is 670. The number of aliphatic hydroxyl groups excluding tert-OH is 1. The molecule has 0 aliphatic heterocycles. The average Bonchev–Trinajstić information content (AvgIpc) is 2.93. The van der Waals surface area contributed by atoms with Crippen molar-refractivity contribution in [1.29, 1.82) is 0 Å². The van der Waals surface area contributed by atoms with Crippen molar-refractivity contribution in [3.63, 3.8) is 0 Å². The molecule has 6 nitrogen and oxygen atoms in total. The number of aliphatic hydroxyl groups is 1. The lowest BCUT2D eigenvalue weighted by Gasteiger charge is -2.25. The topological polar surface area (TPSA) is 94.9 Å².